The Morgan fingerprint density at radius 3 is 2.40 bits per heavy atom. The summed E-state index contributed by atoms with van der Waals surface area (Å²) in [5.41, 5.74) is 1.68. The Morgan fingerprint density at radius 2 is 1.76 bits per heavy atom. The molecule has 124 valence electrons. The number of hydrogen-bond acceptors (Lipinski definition) is 5. The van der Waals surface area contributed by atoms with E-state index >= 15 is 0 Å². The molecule has 0 fully saturated rings. The van der Waals surface area contributed by atoms with Crippen LogP contribution in [0.25, 0.3) is 11.4 Å². The fourth-order valence-electron chi connectivity index (χ4n) is 2.69. The van der Waals surface area contributed by atoms with Crippen LogP contribution in [-0.4, -0.2) is 26.9 Å². The molecule has 2 heterocycles. The van der Waals surface area contributed by atoms with Crippen molar-refractivity contribution in [2.24, 2.45) is 0 Å². The van der Waals surface area contributed by atoms with Gasteiger partial charge in [-0.25, -0.2) is 4.39 Å². The van der Waals surface area contributed by atoms with Crippen molar-refractivity contribution in [3.63, 3.8) is 0 Å². The zero-order chi connectivity index (χ0) is 17.6. The lowest BCUT2D eigenvalue weighted by Gasteiger charge is -2.09. The second-order valence-electron chi connectivity index (χ2n) is 5.72. The number of benzene rings is 2. The quantitative estimate of drug-likeness (QED) is 0.687. The average molecular weight is 337 g/mol. The van der Waals surface area contributed by atoms with Gasteiger partial charge in [-0.1, -0.05) is 29.4 Å². The molecular weight excluding hydrogens is 325 g/mol. The van der Waals surface area contributed by atoms with E-state index in [1.807, 2.05) is 0 Å². The molecule has 0 atom stereocenters. The summed E-state index contributed by atoms with van der Waals surface area (Å²) in [6.07, 6.45) is 0. The molecule has 7 heteroatoms. The van der Waals surface area contributed by atoms with Crippen LogP contribution in [-0.2, 0) is 6.54 Å². The van der Waals surface area contributed by atoms with Crippen molar-refractivity contribution < 1.29 is 18.5 Å². The van der Waals surface area contributed by atoms with Crippen molar-refractivity contribution >= 4 is 11.8 Å². The highest BCUT2D eigenvalue weighted by atomic mass is 19.1. The second kappa shape index (κ2) is 5.62. The fraction of sp³-hybridized carbons (Fsp3) is 0.111. The third kappa shape index (κ3) is 2.50. The molecule has 0 saturated carbocycles. The van der Waals surface area contributed by atoms with Gasteiger partial charge in [0.1, 0.15) is 12.4 Å². The Bertz CT molecular complexity index is 977. The van der Waals surface area contributed by atoms with Gasteiger partial charge in [-0.3, -0.25) is 14.5 Å². The molecule has 4 rings (SSSR count). The maximum Gasteiger partial charge on any atom is 0.262 e. The predicted molar refractivity (Wildman–Crippen MR) is 85.1 cm³/mol. The number of halogens is 1. The van der Waals surface area contributed by atoms with Gasteiger partial charge in [-0.15, -0.1) is 0 Å². The normalized spacial score (nSPS) is 13.4. The number of imide groups is 1. The first kappa shape index (κ1) is 15.2. The minimum Gasteiger partial charge on any atom is -0.337 e. The number of aromatic nitrogens is 2. The van der Waals surface area contributed by atoms with Gasteiger partial charge in [-0.2, -0.15) is 4.98 Å². The van der Waals surface area contributed by atoms with E-state index in [1.54, 1.807) is 43.3 Å². The summed E-state index contributed by atoms with van der Waals surface area (Å²) in [6.45, 7) is 1.52. The van der Waals surface area contributed by atoms with Crippen molar-refractivity contribution in [1.29, 1.82) is 0 Å². The molecule has 0 saturated heterocycles. The van der Waals surface area contributed by atoms with Crippen LogP contribution in [0.3, 0.4) is 0 Å². The zero-order valence-corrected chi connectivity index (χ0v) is 13.2. The molecule has 3 aromatic rings. The van der Waals surface area contributed by atoms with E-state index in [-0.39, 0.29) is 24.1 Å². The van der Waals surface area contributed by atoms with Gasteiger partial charge in [0.05, 0.1) is 11.1 Å². The van der Waals surface area contributed by atoms with Gasteiger partial charge in [0.25, 0.3) is 11.8 Å². The molecule has 0 spiro atoms. The standard InChI is InChI=1S/C18H12FN3O3/c1-10-6-7-11(8-14(10)19)16-20-15(25-21-16)9-22-17(23)12-4-2-3-5-13(12)18(22)24/h2-8H,9H2,1H3. The van der Waals surface area contributed by atoms with Crippen molar-refractivity contribution in [3.8, 4) is 11.4 Å². The van der Waals surface area contributed by atoms with E-state index < -0.39 is 11.8 Å². The third-order valence-electron chi connectivity index (χ3n) is 4.07. The molecule has 1 aliphatic rings. The number of carbonyl (C=O) groups excluding carboxylic acids is 2. The van der Waals surface area contributed by atoms with Crippen molar-refractivity contribution in [1.82, 2.24) is 15.0 Å². The summed E-state index contributed by atoms with van der Waals surface area (Å²) < 4.78 is 18.8. The van der Waals surface area contributed by atoms with Crippen LogP contribution >= 0.6 is 0 Å². The lowest BCUT2D eigenvalue weighted by atomic mass is 10.1. The first-order valence-electron chi connectivity index (χ1n) is 7.59. The van der Waals surface area contributed by atoms with Gasteiger partial charge in [0, 0.05) is 5.56 Å². The zero-order valence-electron chi connectivity index (χ0n) is 13.2. The van der Waals surface area contributed by atoms with Crippen LogP contribution < -0.4 is 0 Å². The molecule has 1 aliphatic heterocycles. The van der Waals surface area contributed by atoms with Crippen LogP contribution in [0.4, 0.5) is 4.39 Å². The third-order valence-corrected chi connectivity index (χ3v) is 4.07. The Morgan fingerprint density at radius 1 is 1.08 bits per heavy atom. The number of fused-ring (bicyclic) bond motifs is 1. The first-order valence-corrected chi connectivity index (χ1v) is 7.59. The van der Waals surface area contributed by atoms with E-state index in [0.717, 1.165) is 4.90 Å². The summed E-state index contributed by atoms with van der Waals surface area (Å²) >= 11 is 0. The number of carbonyl (C=O) groups is 2. The monoisotopic (exact) mass is 337 g/mol. The summed E-state index contributed by atoms with van der Waals surface area (Å²) in [5.74, 6) is -0.872. The predicted octanol–water partition coefficient (Wildman–Crippen LogP) is 2.98. The van der Waals surface area contributed by atoms with Crippen LogP contribution in [0.15, 0.2) is 47.0 Å². The largest absolute Gasteiger partial charge is 0.337 e. The number of rotatable bonds is 3. The number of aryl methyl sites for hydroxylation is 1. The average Bonchev–Trinajstić information content (AvgIpc) is 3.17. The minimum atomic E-state index is -0.401. The van der Waals surface area contributed by atoms with Gasteiger partial charge in [0.2, 0.25) is 11.7 Å². The summed E-state index contributed by atoms with van der Waals surface area (Å²) in [7, 11) is 0. The number of nitrogens with zero attached hydrogens (tertiary/aromatic N) is 3. The lowest BCUT2D eigenvalue weighted by Crippen LogP contribution is -2.29. The van der Waals surface area contributed by atoms with E-state index in [2.05, 4.69) is 10.1 Å². The van der Waals surface area contributed by atoms with Crippen LogP contribution in [0.1, 0.15) is 32.2 Å². The number of hydrogen-bond donors (Lipinski definition) is 0. The summed E-state index contributed by atoms with van der Waals surface area (Å²) in [5, 5.41) is 3.80. The minimum absolute atomic E-state index is 0.102. The Labute approximate surface area is 141 Å². The molecule has 6 nitrogen and oxygen atoms in total. The molecule has 0 bridgehead atoms. The Balaban J connectivity index is 1.59. The fourth-order valence-corrected chi connectivity index (χ4v) is 2.69. The molecule has 0 radical (unpaired) electrons. The smallest absolute Gasteiger partial charge is 0.262 e. The molecule has 25 heavy (non-hydrogen) atoms. The first-order chi connectivity index (χ1) is 12.0. The highest BCUT2D eigenvalue weighted by molar-refractivity contribution is 6.21. The maximum absolute atomic E-state index is 13.7. The molecule has 1 aromatic heterocycles. The van der Waals surface area contributed by atoms with Crippen molar-refractivity contribution in [3.05, 3.63) is 70.9 Å². The molecule has 0 unspecified atom stereocenters. The van der Waals surface area contributed by atoms with Gasteiger partial charge in [0.15, 0.2) is 0 Å². The Kier molecular flexibility index (Phi) is 3.42. The molecule has 2 amide bonds. The molecule has 0 N–H and O–H groups in total. The maximum atomic E-state index is 13.7. The van der Waals surface area contributed by atoms with E-state index in [4.69, 9.17) is 4.52 Å². The summed E-state index contributed by atoms with van der Waals surface area (Å²) in [6, 6.07) is 11.2. The van der Waals surface area contributed by atoms with E-state index in [0.29, 0.717) is 22.3 Å². The molecule has 0 aliphatic carbocycles. The van der Waals surface area contributed by atoms with E-state index in [9.17, 15) is 14.0 Å². The van der Waals surface area contributed by atoms with Gasteiger partial charge >= 0.3 is 0 Å². The van der Waals surface area contributed by atoms with Crippen LogP contribution in [0, 0.1) is 12.7 Å². The SMILES string of the molecule is Cc1ccc(-c2noc(CN3C(=O)c4ccccc4C3=O)n2)cc1F. The highest BCUT2D eigenvalue weighted by Crippen LogP contribution is 2.25. The van der Waals surface area contributed by atoms with E-state index in [1.165, 1.54) is 6.07 Å². The Hall–Kier alpha value is -3.35. The topological polar surface area (TPSA) is 76.3 Å². The molecular formula is C18H12FN3O3. The van der Waals surface area contributed by atoms with Crippen LogP contribution in [0.5, 0.6) is 0 Å². The summed E-state index contributed by atoms with van der Waals surface area (Å²) in [4.78, 5) is 29.9. The van der Waals surface area contributed by atoms with Gasteiger partial charge in [-0.05, 0) is 30.7 Å². The van der Waals surface area contributed by atoms with Crippen molar-refractivity contribution in [2.75, 3.05) is 0 Å². The highest BCUT2D eigenvalue weighted by Gasteiger charge is 2.36. The number of amides is 2. The molecule has 2 aromatic carbocycles. The second-order valence-corrected chi connectivity index (χ2v) is 5.72. The van der Waals surface area contributed by atoms with Crippen LogP contribution in [0.2, 0.25) is 0 Å². The van der Waals surface area contributed by atoms with Gasteiger partial charge < -0.3 is 4.52 Å². The lowest BCUT2D eigenvalue weighted by molar-refractivity contribution is 0.0625. The van der Waals surface area contributed by atoms with Crippen molar-refractivity contribution in [2.45, 2.75) is 13.5 Å².